The van der Waals surface area contributed by atoms with Gasteiger partial charge in [0.05, 0.1) is 11.9 Å². The van der Waals surface area contributed by atoms with Gasteiger partial charge in [-0.1, -0.05) is 23.4 Å². The maximum atomic E-state index is 12.8. The van der Waals surface area contributed by atoms with Crippen molar-refractivity contribution in [3.05, 3.63) is 42.2 Å². The fourth-order valence-corrected chi connectivity index (χ4v) is 2.53. The van der Waals surface area contributed by atoms with E-state index in [-0.39, 0.29) is 5.78 Å². The van der Waals surface area contributed by atoms with E-state index in [1.165, 1.54) is 6.20 Å². The second kappa shape index (κ2) is 5.17. The maximum absolute atomic E-state index is 12.8. The topological polar surface area (TPSA) is 57.0 Å². The number of para-hydroxylation sites is 1. The lowest BCUT2D eigenvalue weighted by molar-refractivity contribution is -0.0430. The Morgan fingerprint density at radius 3 is 2.80 bits per heavy atom. The van der Waals surface area contributed by atoms with Crippen molar-refractivity contribution in [3.8, 4) is 5.69 Å². The Morgan fingerprint density at radius 2 is 2.10 bits per heavy atom. The van der Waals surface area contributed by atoms with Crippen molar-refractivity contribution in [2.75, 3.05) is 6.61 Å². The van der Waals surface area contributed by atoms with Gasteiger partial charge in [-0.15, -0.1) is 5.10 Å². The van der Waals surface area contributed by atoms with Gasteiger partial charge in [0.25, 0.3) is 0 Å². The number of ketones is 1. The van der Waals surface area contributed by atoms with E-state index in [2.05, 4.69) is 10.3 Å². The van der Waals surface area contributed by atoms with Crippen LogP contribution in [0.2, 0.25) is 0 Å². The monoisotopic (exact) mass is 271 g/mol. The van der Waals surface area contributed by atoms with Gasteiger partial charge in [0.15, 0.2) is 0 Å². The van der Waals surface area contributed by atoms with Crippen LogP contribution in [0, 0.1) is 0 Å². The average molecular weight is 271 g/mol. The predicted molar refractivity (Wildman–Crippen MR) is 73.9 cm³/mol. The molecule has 0 aliphatic carbocycles. The van der Waals surface area contributed by atoms with Gasteiger partial charge in [0, 0.05) is 6.61 Å². The minimum Gasteiger partial charge on any atom is -0.367 e. The van der Waals surface area contributed by atoms with Gasteiger partial charge in [-0.2, -0.15) is 0 Å². The third-order valence-electron chi connectivity index (χ3n) is 3.73. The zero-order valence-corrected chi connectivity index (χ0v) is 11.5. The highest BCUT2D eigenvalue weighted by Crippen LogP contribution is 2.28. The van der Waals surface area contributed by atoms with Crippen molar-refractivity contribution in [1.82, 2.24) is 15.0 Å². The first-order chi connectivity index (χ1) is 9.71. The predicted octanol–water partition coefficient (Wildman–Crippen LogP) is 2.41. The lowest BCUT2D eigenvalue weighted by atomic mass is 9.90. The van der Waals surface area contributed by atoms with Crippen LogP contribution >= 0.6 is 0 Å². The number of nitrogens with zero attached hydrogens (tertiary/aromatic N) is 3. The second-order valence-electron chi connectivity index (χ2n) is 5.23. The van der Waals surface area contributed by atoms with Crippen LogP contribution < -0.4 is 0 Å². The molecule has 2 heterocycles. The van der Waals surface area contributed by atoms with E-state index in [1.807, 2.05) is 37.3 Å². The number of rotatable bonds is 3. The molecule has 5 heteroatoms. The minimum atomic E-state index is -0.757. The third-order valence-corrected chi connectivity index (χ3v) is 3.73. The van der Waals surface area contributed by atoms with Crippen LogP contribution in [0.1, 0.15) is 36.7 Å². The number of hydrogen-bond acceptors (Lipinski definition) is 4. The van der Waals surface area contributed by atoms with Crippen LogP contribution in [0.5, 0.6) is 0 Å². The normalized spacial score (nSPS) is 22.6. The van der Waals surface area contributed by atoms with Crippen LogP contribution in [-0.4, -0.2) is 33.0 Å². The summed E-state index contributed by atoms with van der Waals surface area (Å²) in [5.74, 6) is -0.0500. The summed E-state index contributed by atoms with van der Waals surface area (Å²) in [6, 6.07) is 9.53. The molecular weight excluding hydrogens is 254 g/mol. The summed E-state index contributed by atoms with van der Waals surface area (Å²) >= 11 is 0. The van der Waals surface area contributed by atoms with E-state index in [1.54, 1.807) is 4.68 Å². The first-order valence-corrected chi connectivity index (χ1v) is 6.86. The van der Waals surface area contributed by atoms with Crippen LogP contribution in [0.15, 0.2) is 36.5 Å². The minimum absolute atomic E-state index is 0.0500. The molecule has 1 saturated heterocycles. The SMILES string of the molecule is CC1(C(=O)c2cnnn2-c2ccccc2)CCCCO1. The first kappa shape index (κ1) is 13.0. The number of benzene rings is 1. The Balaban J connectivity index is 1.95. The van der Waals surface area contributed by atoms with Crippen LogP contribution in [0.3, 0.4) is 0 Å². The van der Waals surface area contributed by atoms with Crippen LogP contribution in [0.25, 0.3) is 5.69 Å². The lowest BCUT2D eigenvalue weighted by Crippen LogP contribution is -2.42. The van der Waals surface area contributed by atoms with Crippen molar-refractivity contribution in [3.63, 3.8) is 0 Å². The number of hydrogen-bond donors (Lipinski definition) is 0. The molecule has 0 spiro atoms. The Hall–Kier alpha value is -2.01. The number of carbonyl (C=O) groups is 1. The van der Waals surface area contributed by atoms with Crippen molar-refractivity contribution >= 4 is 5.78 Å². The molecule has 2 aromatic rings. The van der Waals surface area contributed by atoms with Crippen molar-refractivity contribution in [2.45, 2.75) is 31.8 Å². The zero-order chi connectivity index (χ0) is 14.0. The number of ether oxygens (including phenoxy) is 1. The van der Waals surface area contributed by atoms with E-state index in [0.717, 1.165) is 24.9 Å². The summed E-state index contributed by atoms with van der Waals surface area (Å²) < 4.78 is 7.30. The molecule has 104 valence electrons. The summed E-state index contributed by atoms with van der Waals surface area (Å²) in [5, 5.41) is 7.91. The molecule has 0 amide bonds. The lowest BCUT2D eigenvalue weighted by Gasteiger charge is -2.32. The van der Waals surface area contributed by atoms with E-state index in [9.17, 15) is 4.79 Å². The van der Waals surface area contributed by atoms with Gasteiger partial charge >= 0.3 is 0 Å². The summed E-state index contributed by atoms with van der Waals surface area (Å²) in [7, 11) is 0. The molecule has 1 aliphatic rings. The molecule has 1 unspecified atom stereocenters. The average Bonchev–Trinajstić information content (AvgIpc) is 2.97. The number of Topliss-reactive ketones (excluding diaryl/α,β-unsaturated/α-hetero) is 1. The Bertz CT molecular complexity index is 601. The molecule has 3 rings (SSSR count). The van der Waals surface area contributed by atoms with Gasteiger partial charge in [-0.25, -0.2) is 4.68 Å². The molecule has 1 aromatic heterocycles. The van der Waals surface area contributed by atoms with Gasteiger partial charge in [-0.05, 0) is 38.3 Å². The Morgan fingerprint density at radius 1 is 1.30 bits per heavy atom. The Kier molecular flexibility index (Phi) is 3.36. The molecular formula is C15H17N3O2. The second-order valence-corrected chi connectivity index (χ2v) is 5.23. The largest absolute Gasteiger partial charge is 0.367 e. The van der Waals surface area contributed by atoms with Crippen LogP contribution in [0.4, 0.5) is 0 Å². The molecule has 0 saturated carbocycles. The fourth-order valence-electron chi connectivity index (χ4n) is 2.53. The standard InChI is InChI=1S/C15H17N3O2/c1-15(9-5-6-10-20-15)14(19)13-11-16-17-18(13)12-7-3-2-4-8-12/h2-4,7-8,11H,5-6,9-10H2,1H3. The molecule has 0 N–H and O–H groups in total. The van der Waals surface area contributed by atoms with Gasteiger partial charge < -0.3 is 4.74 Å². The quantitative estimate of drug-likeness (QED) is 0.804. The molecule has 1 atom stereocenters. The zero-order valence-electron chi connectivity index (χ0n) is 11.5. The van der Waals surface area contributed by atoms with E-state index >= 15 is 0 Å². The number of carbonyl (C=O) groups excluding carboxylic acids is 1. The summed E-state index contributed by atoms with van der Waals surface area (Å²) in [4.78, 5) is 12.8. The van der Waals surface area contributed by atoms with Crippen LogP contribution in [-0.2, 0) is 4.74 Å². The van der Waals surface area contributed by atoms with Gasteiger partial charge in [-0.3, -0.25) is 4.79 Å². The first-order valence-electron chi connectivity index (χ1n) is 6.86. The van der Waals surface area contributed by atoms with E-state index < -0.39 is 5.60 Å². The molecule has 5 nitrogen and oxygen atoms in total. The highest BCUT2D eigenvalue weighted by atomic mass is 16.5. The summed E-state index contributed by atoms with van der Waals surface area (Å²) in [6.45, 7) is 2.49. The maximum Gasteiger partial charge on any atom is 0.214 e. The van der Waals surface area contributed by atoms with E-state index in [4.69, 9.17) is 4.74 Å². The van der Waals surface area contributed by atoms with Crippen molar-refractivity contribution in [2.24, 2.45) is 0 Å². The molecule has 1 aromatic carbocycles. The fraction of sp³-hybridized carbons (Fsp3) is 0.400. The smallest absolute Gasteiger partial charge is 0.214 e. The molecule has 20 heavy (non-hydrogen) atoms. The van der Waals surface area contributed by atoms with Crippen molar-refractivity contribution in [1.29, 1.82) is 0 Å². The highest BCUT2D eigenvalue weighted by molar-refractivity contribution is 6.01. The Labute approximate surface area is 117 Å². The van der Waals surface area contributed by atoms with E-state index in [0.29, 0.717) is 12.3 Å². The summed E-state index contributed by atoms with van der Waals surface area (Å²) in [6.07, 6.45) is 4.28. The third kappa shape index (κ3) is 2.25. The molecule has 1 aliphatic heterocycles. The van der Waals surface area contributed by atoms with Crippen molar-refractivity contribution < 1.29 is 9.53 Å². The number of aromatic nitrogens is 3. The summed E-state index contributed by atoms with van der Waals surface area (Å²) in [5.41, 5.74) is 0.542. The molecule has 0 radical (unpaired) electrons. The van der Waals surface area contributed by atoms with Gasteiger partial charge in [0.2, 0.25) is 5.78 Å². The molecule has 1 fully saturated rings. The van der Waals surface area contributed by atoms with Gasteiger partial charge in [0.1, 0.15) is 11.3 Å². The highest BCUT2D eigenvalue weighted by Gasteiger charge is 2.38. The molecule has 0 bridgehead atoms.